The van der Waals surface area contributed by atoms with Gasteiger partial charge in [0.15, 0.2) is 0 Å². The molecule has 1 atom stereocenters. The zero-order valence-electron chi connectivity index (χ0n) is 15.0. The Morgan fingerprint density at radius 3 is 2.38 bits per heavy atom. The second-order valence-electron chi connectivity index (χ2n) is 6.56. The van der Waals surface area contributed by atoms with Crippen molar-refractivity contribution in [2.24, 2.45) is 0 Å². The maximum atomic E-state index is 12.9. The molecule has 2 heterocycles. The van der Waals surface area contributed by atoms with Crippen LogP contribution < -0.4 is 0 Å². The summed E-state index contributed by atoms with van der Waals surface area (Å²) in [5.41, 5.74) is 1.15. The number of aliphatic hydroxyl groups excluding tert-OH is 1. The topological polar surface area (TPSA) is 70.8 Å². The molecule has 1 N–H and O–H groups in total. The van der Waals surface area contributed by atoms with Crippen molar-refractivity contribution in [1.82, 2.24) is 4.90 Å². The fourth-order valence-electron chi connectivity index (χ4n) is 3.37. The highest BCUT2D eigenvalue weighted by molar-refractivity contribution is 9.10. The molecule has 1 amide bonds. The summed E-state index contributed by atoms with van der Waals surface area (Å²) in [6.07, 6.45) is 1.51. The molecule has 5 nitrogen and oxygen atoms in total. The van der Waals surface area contributed by atoms with Crippen LogP contribution in [0.4, 0.5) is 0 Å². The lowest BCUT2D eigenvalue weighted by atomic mass is 9.95. The summed E-state index contributed by atoms with van der Waals surface area (Å²) in [6.45, 7) is 0.107. The summed E-state index contributed by atoms with van der Waals surface area (Å²) in [5.74, 6) is -1.13. The van der Waals surface area contributed by atoms with E-state index in [0.29, 0.717) is 21.9 Å². The van der Waals surface area contributed by atoms with Crippen molar-refractivity contribution >= 4 is 45.0 Å². The van der Waals surface area contributed by atoms with Crippen molar-refractivity contribution in [1.29, 1.82) is 0 Å². The van der Waals surface area contributed by atoms with Gasteiger partial charge in [-0.3, -0.25) is 9.59 Å². The molecular weight excluding hydrogens is 458 g/mol. The summed E-state index contributed by atoms with van der Waals surface area (Å²) < 4.78 is 6.23. The zero-order valence-corrected chi connectivity index (χ0v) is 17.4. The van der Waals surface area contributed by atoms with Crippen LogP contribution in [0.3, 0.4) is 0 Å². The number of likely N-dealkylation sites (tertiary alicyclic amines) is 1. The SMILES string of the molecule is O=C1C(=O)N(Cc2ccco2)C(c2ccc(Br)cc2)C1=C(O)c1ccc(Cl)cc1. The summed E-state index contributed by atoms with van der Waals surface area (Å²) in [6, 6.07) is 16.4. The Morgan fingerprint density at radius 2 is 1.76 bits per heavy atom. The second kappa shape index (κ2) is 7.89. The summed E-state index contributed by atoms with van der Waals surface area (Å²) in [5, 5.41) is 11.4. The molecule has 1 aromatic heterocycles. The average molecular weight is 473 g/mol. The largest absolute Gasteiger partial charge is 0.507 e. The molecule has 3 aromatic rings. The molecule has 4 rings (SSSR count). The molecular formula is C22H15BrClNO4. The molecule has 1 unspecified atom stereocenters. The molecule has 29 heavy (non-hydrogen) atoms. The Morgan fingerprint density at radius 1 is 1.07 bits per heavy atom. The first-order valence-electron chi connectivity index (χ1n) is 8.78. The smallest absolute Gasteiger partial charge is 0.296 e. The number of amides is 1. The zero-order chi connectivity index (χ0) is 20.5. The first-order chi connectivity index (χ1) is 14.0. The van der Waals surface area contributed by atoms with E-state index in [1.807, 2.05) is 24.3 Å². The molecule has 1 aliphatic heterocycles. The minimum Gasteiger partial charge on any atom is -0.507 e. The Hall–Kier alpha value is -2.83. The van der Waals surface area contributed by atoms with Crippen LogP contribution in [0.1, 0.15) is 22.9 Å². The number of carbonyl (C=O) groups is 2. The monoisotopic (exact) mass is 471 g/mol. The molecule has 7 heteroatoms. The van der Waals surface area contributed by atoms with Crippen LogP contribution in [0, 0.1) is 0 Å². The van der Waals surface area contributed by atoms with E-state index in [9.17, 15) is 14.7 Å². The predicted molar refractivity (Wildman–Crippen MR) is 112 cm³/mol. The van der Waals surface area contributed by atoms with Gasteiger partial charge in [0.1, 0.15) is 11.5 Å². The highest BCUT2D eigenvalue weighted by Crippen LogP contribution is 2.40. The van der Waals surface area contributed by atoms with Crippen LogP contribution in [0.25, 0.3) is 5.76 Å². The molecule has 0 saturated carbocycles. The fraction of sp³-hybridized carbons (Fsp3) is 0.0909. The van der Waals surface area contributed by atoms with Gasteiger partial charge in [-0.15, -0.1) is 0 Å². The van der Waals surface area contributed by atoms with Crippen LogP contribution in [0.5, 0.6) is 0 Å². The van der Waals surface area contributed by atoms with E-state index < -0.39 is 17.7 Å². The van der Waals surface area contributed by atoms with Gasteiger partial charge in [-0.1, -0.05) is 39.7 Å². The van der Waals surface area contributed by atoms with Crippen molar-refractivity contribution in [2.45, 2.75) is 12.6 Å². The molecule has 1 saturated heterocycles. The first kappa shape index (κ1) is 19.5. The standard InChI is InChI=1S/C22H15BrClNO4/c23-15-7-3-13(4-8-15)19-18(20(26)14-5-9-16(24)10-6-14)21(27)22(28)25(19)12-17-2-1-11-29-17/h1-11,19,26H,12H2. The quantitative estimate of drug-likeness (QED) is 0.317. The number of aliphatic hydroxyl groups is 1. The molecule has 1 fully saturated rings. The van der Waals surface area contributed by atoms with Gasteiger partial charge >= 0.3 is 0 Å². The van der Waals surface area contributed by atoms with Gasteiger partial charge in [0.05, 0.1) is 24.4 Å². The number of hydrogen-bond acceptors (Lipinski definition) is 4. The molecule has 0 aliphatic carbocycles. The number of halogens is 2. The molecule has 0 bridgehead atoms. The van der Waals surface area contributed by atoms with Crippen molar-refractivity contribution in [3.8, 4) is 0 Å². The number of carbonyl (C=O) groups excluding carboxylic acids is 2. The lowest BCUT2D eigenvalue weighted by molar-refractivity contribution is -0.140. The highest BCUT2D eigenvalue weighted by atomic mass is 79.9. The Balaban J connectivity index is 1.86. The summed E-state index contributed by atoms with van der Waals surface area (Å²) >= 11 is 9.32. The van der Waals surface area contributed by atoms with Gasteiger partial charge in [0, 0.05) is 15.1 Å². The van der Waals surface area contributed by atoms with Gasteiger partial charge in [-0.2, -0.15) is 0 Å². The van der Waals surface area contributed by atoms with Gasteiger partial charge < -0.3 is 14.4 Å². The van der Waals surface area contributed by atoms with Gasteiger partial charge in [0.25, 0.3) is 11.7 Å². The van der Waals surface area contributed by atoms with Crippen molar-refractivity contribution in [3.63, 3.8) is 0 Å². The van der Waals surface area contributed by atoms with Crippen LogP contribution in [-0.4, -0.2) is 21.7 Å². The van der Waals surface area contributed by atoms with E-state index in [-0.39, 0.29) is 17.9 Å². The number of rotatable bonds is 4. The minimum absolute atomic E-state index is 0.0335. The van der Waals surface area contributed by atoms with E-state index in [4.69, 9.17) is 16.0 Å². The normalized spacial score (nSPS) is 18.4. The Labute approximate surface area is 180 Å². The molecule has 0 radical (unpaired) electrons. The van der Waals surface area contributed by atoms with Crippen molar-refractivity contribution in [2.75, 3.05) is 0 Å². The third-order valence-corrected chi connectivity index (χ3v) is 5.53. The van der Waals surface area contributed by atoms with Crippen LogP contribution in [-0.2, 0) is 16.1 Å². The number of nitrogens with zero attached hydrogens (tertiary/aromatic N) is 1. The Bertz CT molecular complexity index is 1090. The van der Waals surface area contributed by atoms with E-state index in [1.165, 1.54) is 11.2 Å². The first-order valence-corrected chi connectivity index (χ1v) is 9.95. The Kier molecular flexibility index (Phi) is 5.30. The third-order valence-electron chi connectivity index (χ3n) is 4.75. The van der Waals surface area contributed by atoms with E-state index in [0.717, 1.165) is 4.47 Å². The van der Waals surface area contributed by atoms with Crippen molar-refractivity contribution in [3.05, 3.63) is 98.9 Å². The number of furan rings is 1. The van der Waals surface area contributed by atoms with Crippen LogP contribution >= 0.6 is 27.5 Å². The average Bonchev–Trinajstić information content (AvgIpc) is 3.31. The second-order valence-corrected chi connectivity index (χ2v) is 7.92. The third kappa shape index (κ3) is 3.73. The number of hydrogen-bond donors (Lipinski definition) is 1. The van der Waals surface area contributed by atoms with Gasteiger partial charge in [0.2, 0.25) is 0 Å². The fourth-order valence-corrected chi connectivity index (χ4v) is 3.76. The molecule has 1 aliphatic rings. The minimum atomic E-state index is -0.746. The lowest BCUT2D eigenvalue weighted by Crippen LogP contribution is -2.29. The summed E-state index contributed by atoms with van der Waals surface area (Å²) in [4.78, 5) is 27.2. The molecule has 2 aromatic carbocycles. The maximum absolute atomic E-state index is 12.9. The predicted octanol–water partition coefficient (Wildman–Crippen LogP) is 5.32. The summed E-state index contributed by atoms with van der Waals surface area (Å²) in [7, 11) is 0. The van der Waals surface area contributed by atoms with E-state index >= 15 is 0 Å². The molecule has 0 spiro atoms. The lowest BCUT2D eigenvalue weighted by Gasteiger charge is -2.24. The number of Topliss-reactive ketones (excluding diaryl/α,β-unsaturated/α-hetero) is 1. The van der Waals surface area contributed by atoms with Gasteiger partial charge in [-0.25, -0.2) is 0 Å². The van der Waals surface area contributed by atoms with Gasteiger partial charge in [-0.05, 0) is 54.1 Å². The number of benzene rings is 2. The highest BCUT2D eigenvalue weighted by Gasteiger charge is 2.46. The van der Waals surface area contributed by atoms with E-state index in [2.05, 4.69) is 15.9 Å². The van der Waals surface area contributed by atoms with E-state index in [1.54, 1.807) is 36.4 Å². The molecule has 146 valence electrons. The van der Waals surface area contributed by atoms with Crippen LogP contribution in [0.2, 0.25) is 5.02 Å². The maximum Gasteiger partial charge on any atom is 0.296 e. The van der Waals surface area contributed by atoms with Crippen molar-refractivity contribution < 1.29 is 19.1 Å². The van der Waals surface area contributed by atoms with Crippen LogP contribution in [0.15, 0.2) is 81.4 Å². The number of ketones is 1.